The van der Waals surface area contributed by atoms with Crippen LogP contribution in [0.4, 0.5) is 5.69 Å². The van der Waals surface area contributed by atoms with Crippen LogP contribution in [0.5, 0.6) is 11.5 Å². The van der Waals surface area contributed by atoms with Crippen molar-refractivity contribution in [3.63, 3.8) is 0 Å². The fourth-order valence-electron chi connectivity index (χ4n) is 3.38. The Balaban J connectivity index is 1.50. The van der Waals surface area contributed by atoms with Crippen LogP contribution in [-0.2, 0) is 4.79 Å². The smallest absolute Gasteiger partial charge is 0.262 e. The Morgan fingerprint density at radius 3 is 2.75 bits per heavy atom. The zero-order chi connectivity index (χ0) is 22.8. The molecule has 0 fully saturated rings. The number of halogens is 1. The molecule has 1 amide bonds. The van der Waals surface area contributed by atoms with Gasteiger partial charge in [0.1, 0.15) is 17.0 Å². The van der Waals surface area contributed by atoms with Crippen molar-refractivity contribution in [2.75, 3.05) is 11.9 Å². The number of carbonyl (C=O) groups is 1. The molecule has 1 heterocycles. The van der Waals surface area contributed by atoms with E-state index in [0.717, 1.165) is 11.1 Å². The van der Waals surface area contributed by atoms with E-state index >= 15 is 0 Å². The quantitative estimate of drug-likeness (QED) is 0.336. The van der Waals surface area contributed by atoms with Crippen LogP contribution in [0.25, 0.3) is 22.6 Å². The van der Waals surface area contributed by atoms with Crippen LogP contribution >= 0.6 is 11.6 Å². The monoisotopic (exact) mass is 450 g/mol. The highest BCUT2D eigenvalue weighted by Gasteiger charge is 2.15. The van der Waals surface area contributed by atoms with Gasteiger partial charge in [0.2, 0.25) is 5.89 Å². The van der Waals surface area contributed by atoms with Gasteiger partial charge in [-0.15, -0.1) is 0 Å². The first kappa shape index (κ1) is 21.7. The summed E-state index contributed by atoms with van der Waals surface area (Å²) in [6.07, 6.45) is 0. The molecule has 0 saturated carbocycles. The number of phenols is 1. The van der Waals surface area contributed by atoms with E-state index in [9.17, 15) is 9.90 Å². The van der Waals surface area contributed by atoms with E-state index in [2.05, 4.69) is 24.1 Å². The summed E-state index contributed by atoms with van der Waals surface area (Å²) < 4.78 is 11.5. The number of amides is 1. The zero-order valence-corrected chi connectivity index (χ0v) is 18.7. The number of hydrogen-bond donors (Lipinski definition) is 2. The Bertz CT molecular complexity index is 1300. The Morgan fingerprint density at radius 1 is 1.16 bits per heavy atom. The lowest BCUT2D eigenvalue weighted by atomic mass is 10.0. The van der Waals surface area contributed by atoms with Crippen molar-refractivity contribution in [3.05, 3.63) is 70.7 Å². The molecule has 0 unspecified atom stereocenters. The molecule has 4 aromatic rings. The molecule has 0 aliphatic heterocycles. The van der Waals surface area contributed by atoms with Crippen molar-refractivity contribution in [1.82, 2.24) is 4.98 Å². The first-order chi connectivity index (χ1) is 15.3. The molecular formula is C25H23ClN2O4. The predicted molar refractivity (Wildman–Crippen MR) is 126 cm³/mol. The number of aryl methyl sites for hydroxylation is 1. The molecule has 0 aliphatic rings. The van der Waals surface area contributed by atoms with Crippen LogP contribution in [-0.4, -0.2) is 22.6 Å². The topological polar surface area (TPSA) is 84.6 Å². The van der Waals surface area contributed by atoms with Crippen LogP contribution in [0, 0.1) is 6.92 Å². The number of nitrogens with one attached hydrogen (secondary N) is 1. The highest BCUT2D eigenvalue weighted by Crippen LogP contribution is 2.34. The number of aromatic nitrogens is 1. The molecule has 0 bridgehead atoms. The van der Waals surface area contributed by atoms with Crippen molar-refractivity contribution in [2.24, 2.45) is 0 Å². The highest BCUT2D eigenvalue weighted by molar-refractivity contribution is 6.31. The minimum atomic E-state index is -0.317. The molecule has 4 rings (SSSR count). The van der Waals surface area contributed by atoms with Gasteiger partial charge in [-0.2, -0.15) is 0 Å². The summed E-state index contributed by atoms with van der Waals surface area (Å²) in [5.41, 5.74) is 4.08. The lowest BCUT2D eigenvalue weighted by molar-refractivity contribution is -0.118. The normalized spacial score (nSPS) is 11.2. The number of oxazole rings is 1. The van der Waals surface area contributed by atoms with Crippen LogP contribution in [0.2, 0.25) is 5.02 Å². The summed E-state index contributed by atoms with van der Waals surface area (Å²) in [5, 5.41) is 13.6. The van der Waals surface area contributed by atoms with Crippen molar-refractivity contribution >= 4 is 34.3 Å². The highest BCUT2D eigenvalue weighted by atomic mass is 35.5. The lowest BCUT2D eigenvalue weighted by Crippen LogP contribution is -2.20. The predicted octanol–water partition coefficient (Wildman–Crippen LogP) is 6.30. The standard InChI is InChI=1S/C25H23ClN2O4/c1-14(2)18-7-4-15(3)10-23(18)31-13-24(30)27-17-6-8-21(29)19(12-17)25-28-20-11-16(26)5-9-22(20)32-25/h4-12,14,29H,13H2,1-3H3,(H,27,30). The fourth-order valence-corrected chi connectivity index (χ4v) is 3.55. The van der Waals surface area contributed by atoms with Crippen molar-refractivity contribution in [3.8, 4) is 23.0 Å². The maximum Gasteiger partial charge on any atom is 0.262 e. The Hall–Kier alpha value is -3.51. The number of carbonyl (C=O) groups excluding carboxylic acids is 1. The fraction of sp³-hybridized carbons (Fsp3) is 0.200. The molecule has 6 nitrogen and oxygen atoms in total. The average Bonchev–Trinajstić information content (AvgIpc) is 3.16. The van der Waals surface area contributed by atoms with Gasteiger partial charge in [0.25, 0.3) is 5.91 Å². The summed E-state index contributed by atoms with van der Waals surface area (Å²) in [5.74, 6) is 0.875. The van der Waals surface area contributed by atoms with Gasteiger partial charge >= 0.3 is 0 Å². The minimum absolute atomic E-state index is 0.0155. The van der Waals surface area contributed by atoms with Crippen LogP contribution in [0.1, 0.15) is 30.9 Å². The van der Waals surface area contributed by atoms with Crippen LogP contribution in [0.3, 0.4) is 0 Å². The van der Waals surface area contributed by atoms with Gasteiger partial charge in [-0.1, -0.05) is 37.6 Å². The number of nitrogens with zero attached hydrogens (tertiary/aromatic N) is 1. The summed E-state index contributed by atoms with van der Waals surface area (Å²) >= 11 is 6.01. The molecular weight excluding hydrogens is 428 g/mol. The second kappa shape index (κ2) is 8.93. The molecule has 0 atom stereocenters. The van der Waals surface area contributed by atoms with Gasteiger partial charge in [0.15, 0.2) is 12.2 Å². The average molecular weight is 451 g/mol. The van der Waals surface area contributed by atoms with Gasteiger partial charge in [-0.3, -0.25) is 4.79 Å². The number of hydrogen-bond acceptors (Lipinski definition) is 5. The van der Waals surface area contributed by atoms with E-state index in [1.54, 1.807) is 30.3 Å². The number of phenolic OH excluding ortho intramolecular Hbond substituents is 1. The molecule has 0 radical (unpaired) electrons. The summed E-state index contributed by atoms with van der Waals surface area (Å²) in [7, 11) is 0. The number of benzene rings is 3. The van der Waals surface area contributed by atoms with E-state index in [1.807, 2.05) is 25.1 Å². The summed E-state index contributed by atoms with van der Waals surface area (Å²) in [6, 6.07) is 15.8. The minimum Gasteiger partial charge on any atom is -0.507 e. The van der Waals surface area contributed by atoms with Crippen molar-refractivity contribution in [2.45, 2.75) is 26.7 Å². The van der Waals surface area contributed by atoms with Gasteiger partial charge in [-0.25, -0.2) is 4.98 Å². The molecule has 0 saturated heterocycles. The molecule has 32 heavy (non-hydrogen) atoms. The summed E-state index contributed by atoms with van der Waals surface area (Å²) in [4.78, 5) is 16.9. The molecule has 1 aromatic heterocycles. The van der Waals surface area contributed by atoms with Crippen LogP contribution < -0.4 is 10.1 Å². The Labute approximate surface area is 190 Å². The maximum atomic E-state index is 12.5. The van der Waals surface area contributed by atoms with Gasteiger partial charge in [0, 0.05) is 10.7 Å². The molecule has 0 spiro atoms. The van der Waals surface area contributed by atoms with Crippen molar-refractivity contribution in [1.29, 1.82) is 0 Å². The number of fused-ring (bicyclic) bond motifs is 1. The first-order valence-electron chi connectivity index (χ1n) is 10.2. The Morgan fingerprint density at radius 2 is 1.97 bits per heavy atom. The molecule has 7 heteroatoms. The van der Waals surface area contributed by atoms with Gasteiger partial charge < -0.3 is 19.6 Å². The van der Waals surface area contributed by atoms with E-state index in [0.29, 0.717) is 33.1 Å². The summed E-state index contributed by atoms with van der Waals surface area (Å²) in [6.45, 7) is 6.00. The maximum absolute atomic E-state index is 12.5. The second-order valence-corrected chi connectivity index (χ2v) is 8.33. The van der Waals surface area contributed by atoms with Gasteiger partial charge in [0.05, 0.1) is 5.56 Å². The van der Waals surface area contributed by atoms with E-state index in [1.165, 1.54) is 6.07 Å². The lowest BCUT2D eigenvalue weighted by Gasteiger charge is -2.15. The zero-order valence-electron chi connectivity index (χ0n) is 18.0. The number of ether oxygens (including phenoxy) is 1. The SMILES string of the molecule is Cc1ccc(C(C)C)c(OCC(=O)Nc2ccc(O)c(-c3nc4cc(Cl)ccc4o3)c2)c1. The largest absolute Gasteiger partial charge is 0.507 e. The second-order valence-electron chi connectivity index (χ2n) is 7.90. The van der Waals surface area contributed by atoms with Gasteiger partial charge in [-0.05, 0) is 66.4 Å². The number of anilines is 1. The molecule has 164 valence electrons. The first-order valence-corrected chi connectivity index (χ1v) is 10.6. The molecule has 2 N–H and O–H groups in total. The number of aromatic hydroxyl groups is 1. The third kappa shape index (κ3) is 4.70. The number of rotatable bonds is 6. The Kier molecular flexibility index (Phi) is 6.06. The molecule has 0 aliphatic carbocycles. The van der Waals surface area contributed by atoms with E-state index in [-0.39, 0.29) is 30.1 Å². The van der Waals surface area contributed by atoms with E-state index in [4.69, 9.17) is 20.8 Å². The third-order valence-electron chi connectivity index (χ3n) is 5.01. The van der Waals surface area contributed by atoms with E-state index < -0.39 is 0 Å². The van der Waals surface area contributed by atoms with Crippen LogP contribution in [0.15, 0.2) is 59.0 Å². The third-order valence-corrected chi connectivity index (χ3v) is 5.25. The molecule has 3 aromatic carbocycles. The van der Waals surface area contributed by atoms with Crippen molar-refractivity contribution < 1.29 is 19.1 Å².